The Labute approximate surface area is 109 Å². The summed E-state index contributed by atoms with van der Waals surface area (Å²) in [6, 6.07) is 3.90. The van der Waals surface area contributed by atoms with Crippen LogP contribution in [0.25, 0.3) is 0 Å². The molecule has 0 saturated heterocycles. The van der Waals surface area contributed by atoms with Crippen LogP contribution in [0.2, 0.25) is 0 Å². The van der Waals surface area contributed by atoms with Gasteiger partial charge in [-0.25, -0.2) is 0 Å². The van der Waals surface area contributed by atoms with Gasteiger partial charge in [-0.1, -0.05) is 0 Å². The Morgan fingerprint density at radius 3 is 3.06 bits per heavy atom. The van der Waals surface area contributed by atoms with E-state index in [-0.39, 0.29) is 0 Å². The molecule has 2 heterocycles. The average molecular weight is 319 g/mol. The Morgan fingerprint density at radius 2 is 2.44 bits per heavy atom. The molecule has 1 atom stereocenters. The molecule has 0 amide bonds. The van der Waals surface area contributed by atoms with Crippen LogP contribution < -0.4 is 0 Å². The van der Waals surface area contributed by atoms with Gasteiger partial charge in [0, 0.05) is 34.7 Å². The summed E-state index contributed by atoms with van der Waals surface area (Å²) < 4.78 is 14.7. The first-order valence-corrected chi connectivity index (χ1v) is 7.95. The third-order valence-corrected chi connectivity index (χ3v) is 4.90. The first-order chi connectivity index (χ1) is 7.74. The Morgan fingerprint density at radius 1 is 1.56 bits per heavy atom. The Kier molecular flexibility index (Phi) is 4.31. The van der Waals surface area contributed by atoms with Crippen molar-refractivity contribution in [2.75, 3.05) is 5.75 Å². The van der Waals surface area contributed by atoms with E-state index in [2.05, 4.69) is 21.0 Å². The van der Waals surface area contributed by atoms with Crippen molar-refractivity contribution in [1.82, 2.24) is 9.78 Å². The average Bonchev–Trinajstić information content (AvgIpc) is 2.87. The van der Waals surface area contributed by atoms with Crippen molar-refractivity contribution in [3.05, 3.63) is 39.3 Å². The molecular formula is C10H11BrN2OS2. The van der Waals surface area contributed by atoms with Crippen LogP contribution in [0.3, 0.4) is 0 Å². The summed E-state index contributed by atoms with van der Waals surface area (Å²) in [5, 5.41) is 6.11. The third kappa shape index (κ3) is 3.54. The molecule has 0 aromatic carbocycles. The largest absolute Gasteiger partial charge is 0.272 e. The molecule has 2 aromatic rings. The van der Waals surface area contributed by atoms with Gasteiger partial charge in [0.25, 0.3) is 0 Å². The maximum Gasteiger partial charge on any atom is 0.0701 e. The summed E-state index contributed by atoms with van der Waals surface area (Å²) in [6.45, 7) is 0.713. The number of hydrogen-bond donors (Lipinski definition) is 0. The van der Waals surface area contributed by atoms with Gasteiger partial charge in [-0.05, 0) is 39.0 Å². The van der Waals surface area contributed by atoms with Gasteiger partial charge in [0.1, 0.15) is 0 Å². The van der Waals surface area contributed by atoms with E-state index in [0.29, 0.717) is 18.1 Å². The van der Waals surface area contributed by atoms with Crippen LogP contribution in [0, 0.1) is 0 Å². The summed E-state index contributed by atoms with van der Waals surface area (Å²) >= 11 is 5.02. The van der Waals surface area contributed by atoms with Crippen molar-refractivity contribution in [2.24, 2.45) is 0 Å². The highest BCUT2D eigenvalue weighted by molar-refractivity contribution is 9.11. The molecule has 0 radical (unpaired) electrons. The quantitative estimate of drug-likeness (QED) is 0.849. The Balaban J connectivity index is 1.81. The lowest BCUT2D eigenvalue weighted by atomic mass is 10.4. The van der Waals surface area contributed by atoms with E-state index in [1.54, 1.807) is 22.2 Å². The molecule has 0 aliphatic carbocycles. The predicted molar refractivity (Wildman–Crippen MR) is 71.0 cm³/mol. The van der Waals surface area contributed by atoms with Crippen LogP contribution in [0.1, 0.15) is 5.56 Å². The van der Waals surface area contributed by atoms with Gasteiger partial charge >= 0.3 is 0 Å². The second-order valence-corrected chi connectivity index (χ2v) is 7.18. The summed E-state index contributed by atoms with van der Waals surface area (Å²) in [5.74, 6) is 1.28. The number of rotatable bonds is 5. The van der Waals surface area contributed by atoms with Crippen molar-refractivity contribution < 1.29 is 4.21 Å². The highest BCUT2D eigenvalue weighted by Crippen LogP contribution is 2.21. The van der Waals surface area contributed by atoms with Gasteiger partial charge in [0.15, 0.2) is 0 Å². The van der Waals surface area contributed by atoms with E-state index in [4.69, 9.17) is 0 Å². The first kappa shape index (κ1) is 12.0. The number of aryl methyl sites for hydroxylation is 1. The van der Waals surface area contributed by atoms with Crippen LogP contribution in [0.15, 0.2) is 33.7 Å². The minimum atomic E-state index is -0.817. The maximum absolute atomic E-state index is 11.8. The SMILES string of the molecule is O=S(CCn1cccn1)Cc1csc(Br)c1. The normalized spacial score (nSPS) is 12.8. The van der Waals surface area contributed by atoms with Crippen LogP contribution >= 0.6 is 27.3 Å². The fraction of sp³-hybridized carbons (Fsp3) is 0.300. The minimum Gasteiger partial charge on any atom is -0.272 e. The lowest BCUT2D eigenvalue weighted by Crippen LogP contribution is -2.09. The smallest absolute Gasteiger partial charge is 0.0701 e. The molecule has 0 fully saturated rings. The fourth-order valence-corrected chi connectivity index (χ4v) is 3.70. The van der Waals surface area contributed by atoms with E-state index in [1.165, 1.54) is 0 Å². The maximum atomic E-state index is 11.8. The molecule has 6 heteroatoms. The first-order valence-electron chi connectivity index (χ1n) is 4.79. The molecule has 0 saturated carbocycles. The molecule has 2 rings (SSSR count). The number of aromatic nitrogens is 2. The van der Waals surface area contributed by atoms with E-state index >= 15 is 0 Å². The third-order valence-electron chi connectivity index (χ3n) is 2.06. The van der Waals surface area contributed by atoms with Gasteiger partial charge in [-0.15, -0.1) is 11.3 Å². The Hall–Kier alpha value is -0.460. The van der Waals surface area contributed by atoms with Crippen molar-refractivity contribution in [3.63, 3.8) is 0 Å². The lowest BCUT2D eigenvalue weighted by molar-refractivity contribution is 0.644. The van der Waals surface area contributed by atoms with Gasteiger partial charge in [0.05, 0.1) is 10.3 Å². The topological polar surface area (TPSA) is 34.9 Å². The Bertz CT molecular complexity index is 467. The molecule has 3 nitrogen and oxygen atoms in total. The van der Waals surface area contributed by atoms with Crippen molar-refractivity contribution in [3.8, 4) is 0 Å². The van der Waals surface area contributed by atoms with E-state index in [0.717, 1.165) is 9.35 Å². The zero-order chi connectivity index (χ0) is 11.4. The second-order valence-electron chi connectivity index (χ2n) is 3.32. The van der Waals surface area contributed by atoms with Crippen molar-refractivity contribution >= 4 is 38.1 Å². The number of hydrogen-bond acceptors (Lipinski definition) is 3. The van der Waals surface area contributed by atoms with E-state index < -0.39 is 10.8 Å². The summed E-state index contributed by atoms with van der Waals surface area (Å²) in [6.07, 6.45) is 3.62. The molecule has 0 aliphatic heterocycles. The summed E-state index contributed by atoms with van der Waals surface area (Å²) in [5.41, 5.74) is 1.13. The molecule has 86 valence electrons. The minimum absolute atomic E-state index is 0.628. The number of halogens is 1. The number of nitrogens with zero attached hydrogens (tertiary/aromatic N) is 2. The van der Waals surface area contributed by atoms with Gasteiger partial charge in [0.2, 0.25) is 0 Å². The standard InChI is InChI=1S/C10H11BrN2OS2/c11-10-6-9(7-15-10)8-16(14)5-4-13-3-1-2-12-13/h1-3,6-7H,4-5,8H2. The van der Waals surface area contributed by atoms with Crippen LogP contribution in [0.5, 0.6) is 0 Å². The van der Waals surface area contributed by atoms with E-state index in [9.17, 15) is 4.21 Å². The highest BCUT2D eigenvalue weighted by Gasteiger charge is 2.04. The van der Waals surface area contributed by atoms with Crippen LogP contribution in [-0.2, 0) is 23.1 Å². The fourth-order valence-electron chi connectivity index (χ4n) is 1.31. The van der Waals surface area contributed by atoms with Crippen LogP contribution in [0.4, 0.5) is 0 Å². The summed E-state index contributed by atoms with van der Waals surface area (Å²) in [7, 11) is -0.817. The zero-order valence-corrected chi connectivity index (χ0v) is 11.7. The van der Waals surface area contributed by atoms with E-state index in [1.807, 2.05) is 23.7 Å². The predicted octanol–water partition coefficient (Wildman–Crippen LogP) is 2.66. The van der Waals surface area contributed by atoms with Gasteiger partial charge in [-0.2, -0.15) is 5.10 Å². The van der Waals surface area contributed by atoms with Gasteiger partial charge in [-0.3, -0.25) is 8.89 Å². The van der Waals surface area contributed by atoms with Crippen molar-refractivity contribution in [2.45, 2.75) is 12.3 Å². The molecule has 1 unspecified atom stereocenters. The molecule has 0 spiro atoms. The second kappa shape index (κ2) is 5.75. The molecule has 16 heavy (non-hydrogen) atoms. The lowest BCUT2D eigenvalue weighted by Gasteiger charge is -2.01. The molecule has 0 aliphatic rings. The molecule has 2 aromatic heterocycles. The highest BCUT2D eigenvalue weighted by atomic mass is 79.9. The molecule has 0 N–H and O–H groups in total. The monoisotopic (exact) mass is 318 g/mol. The molecular weight excluding hydrogens is 308 g/mol. The number of thiophene rings is 1. The van der Waals surface area contributed by atoms with Crippen molar-refractivity contribution in [1.29, 1.82) is 0 Å². The van der Waals surface area contributed by atoms with Gasteiger partial charge < -0.3 is 0 Å². The van der Waals surface area contributed by atoms with Crippen LogP contribution in [-0.4, -0.2) is 19.7 Å². The summed E-state index contributed by atoms with van der Waals surface area (Å²) in [4.78, 5) is 0. The zero-order valence-electron chi connectivity index (χ0n) is 8.51. The molecule has 0 bridgehead atoms.